The van der Waals surface area contributed by atoms with Crippen molar-refractivity contribution in [2.45, 2.75) is 36.8 Å². The second kappa shape index (κ2) is 8.16. The Morgan fingerprint density at radius 2 is 1.86 bits per heavy atom. The van der Waals surface area contributed by atoms with E-state index >= 15 is 0 Å². The third-order valence-corrected chi connectivity index (χ3v) is 6.13. The Labute approximate surface area is 173 Å². The van der Waals surface area contributed by atoms with Crippen LogP contribution in [0.25, 0.3) is 0 Å². The molecule has 4 rings (SSSR count). The Kier molecular flexibility index (Phi) is 5.44. The predicted octanol–water partition coefficient (Wildman–Crippen LogP) is 2.98. The molecule has 29 heavy (non-hydrogen) atoms. The number of nitrogens with one attached hydrogen (secondary N) is 2. The van der Waals surface area contributed by atoms with E-state index < -0.39 is 0 Å². The smallest absolute Gasteiger partial charge is 0.236 e. The molecule has 0 saturated heterocycles. The van der Waals surface area contributed by atoms with Crippen LogP contribution >= 0.6 is 11.8 Å². The van der Waals surface area contributed by atoms with Crippen LogP contribution in [0.1, 0.15) is 28.6 Å². The Morgan fingerprint density at radius 1 is 1.14 bits per heavy atom. The minimum atomic E-state index is -0.368. The SMILES string of the molecule is COc1ccc(CNC(=O)[C@H]2Sc3nnc(C)n3N[C@@H]2c2ccc(C)cc2)cc1. The van der Waals surface area contributed by atoms with Crippen molar-refractivity contribution in [3.05, 3.63) is 71.0 Å². The number of fused-ring (bicyclic) bond motifs is 1. The molecule has 0 spiro atoms. The van der Waals surface area contributed by atoms with Crippen LogP contribution in [0, 0.1) is 13.8 Å². The maximum Gasteiger partial charge on any atom is 0.236 e. The van der Waals surface area contributed by atoms with Crippen molar-refractivity contribution in [2.75, 3.05) is 12.5 Å². The van der Waals surface area contributed by atoms with E-state index in [0.29, 0.717) is 11.7 Å². The molecule has 0 fully saturated rings. The van der Waals surface area contributed by atoms with Gasteiger partial charge in [-0.25, -0.2) is 4.68 Å². The monoisotopic (exact) mass is 409 g/mol. The Morgan fingerprint density at radius 3 is 2.55 bits per heavy atom. The molecule has 8 heteroatoms. The number of aromatic nitrogens is 3. The van der Waals surface area contributed by atoms with Gasteiger partial charge in [0.2, 0.25) is 11.1 Å². The van der Waals surface area contributed by atoms with Crippen LogP contribution in [-0.4, -0.2) is 33.1 Å². The summed E-state index contributed by atoms with van der Waals surface area (Å²) in [6.07, 6.45) is 0. The van der Waals surface area contributed by atoms with Gasteiger partial charge in [0.1, 0.15) is 16.8 Å². The van der Waals surface area contributed by atoms with Crippen molar-refractivity contribution in [2.24, 2.45) is 0 Å². The van der Waals surface area contributed by atoms with Crippen molar-refractivity contribution in [1.29, 1.82) is 0 Å². The molecular weight excluding hydrogens is 386 g/mol. The van der Waals surface area contributed by atoms with Crippen molar-refractivity contribution in [1.82, 2.24) is 20.2 Å². The summed E-state index contributed by atoms with van der Waals surface area (Å²) in [5, 5.41) is 11.7. The fourth-order valence-corrected chi connectivity index (χ4v) is 4.37. The molecule has 2 aromatic carbocycles. The van der Waals surface area contributed by atoms with Gasteiger partial charge in [0.05, 0.1) is 13.2 Å². The zero-order chi connectivity index (χ0) is 20.4. The molecule has 0 bridgehead atoms. The van der Waals surface area contributed by atoms with Gasteiger partial charge in [-0.15, -0.1) is 10.2 Å². The number of carbonyl (C=O) groups excluding carboxylic acids is 1. The lowest BCUT2D eigenvalue weighted by Gasteiger charge is -2.32. The van der Waals surface area contributed by atoms with Gasteiger partial charge in [-0.2, -0.15) is 0 Å². The lowest BCUT2D eigenvalue weighted by molar-refractivity contribution is -0.121. The van der Waals surface area contributed by atoms with Gasteiger partial charge in [0, 0.05) is 6.54 Å². The predicted molar refractivity (Wildman–Crippen MR) is 113 cm³/mol. The molecule has 1 aliphatic rings. The average Bonchev–Trinajstić information content (AvgIpc) is 3.12. The molecule has 1 aromatic heterocycles. The van der Waals surface area contributed by atoms with Gasteiger partial charge in [0.25, 0.3) is 0 Å². The van der Waals surface area contributed by atoms with Crippen LogP contribution in [0.3, 0.4) is 0 Å². The molecule has 0 radical (unpaired) electrons. The number of rotatable bonds is 5. The Bertz CT molecular complexity index is 1000. The van der Waals surface area contributed by atoms with E-state index in [0.717, 1.165) is 22.7 Å². The van der Waals surface area contributed by atoms with Crippen LogP contribution in [-0.2, 0) is 11.3 Å². The molecule has 2 N–H and O–H groups in total. The maximum absolute atomic E-state index is 13.1. The largest absolute Gasteiger partial charge is 0.497 e. The van der Waals surface area contributed by atoms with Crippen molar-refractivity contribution >= 4 is 17.7 Å². The van der Waals surface area contributed by atoms with E-state index in [1.165, 1.54) is 17.3 Å². The molecule has 0 aliphatic carbocycles. The number of carbonyl (C=O) groups is 1. The number of nitrogens with zero attached hydrogens (tertiary/aromatic N) is 3. The summed E-state index contributed by atoms with van der Waals surface area (Å²) in [5.74, 6) is 1.51. The summed E-state index contributed by atoms with van der Waals surface area (Å²) in [6.45, 7) is 4.39. The summed E-state index contributed by atoms with van der Waals surface area (Å²) in [7, 11) is 1.63. The molecule has 0 unspecified atom stereocenters. The van der Waals surface area contributed by atoms with Gasteiger partial charge in [-0.1, -0.05) is 53.7 Å². The first-order valence-corrected chi connectivity index (χ1v) is 10.3. The second-order valence-corrected chi connectivity index (χ2v) is 8.10. The van der Waals surface area contributed by atoms with Crippen molar-refractivity contribution in [3.63, 3.8) is 0 Å². The molecule has 2 heterocycles. The lowest BCUT2D eigenvalue weighted by atomic mass is 10.0. The fraction of sp³-hybridized carbons (Fsp3) is 0.286. The Hall–Kier alpha value is -3.00. The van der Waals surface area contributed by atoms with Crippen molar-refractivity contribution < 1.29 is 9.53 Å². The molecule has 2 atom stereocenters. The van der Waals surface area contributed by atoms with Gasteiger partial charge >= 0.3 is 0 Å². The number of benzene rings is 2. The van der Waals surface area contributed by atoms with Crippen LogP contribution in [0.15, 0.2) is 53.7 Å². The summed E-state index contributed by atoms with van der Waals surface area (Å²) in [5.41, 5.74) is 6.66. The number of hydrogen-bond donors (Lipinski definition) is 2. The molecule has 3 aromatic rings. The molecule has 1 aliphatic heterocycles. The van der Waals surface area contributed by atoms with E-state index in [-0.39, 0.29) is 17.2 Å². The minimum absolute atomic E-state index is 0.0456. The number of aryl methyl sites for hydroxylation is 2. The highest BCUT2D eigenvalue weighted by molar-refractivity contribution is 8.00. The van der Waals surface area contributed by atoms with Gasteiger partial charge in [0.15, 0.2) is 0 Å². The highest BCUT2D eigenvalue weighted by atomic mass is 32.2. The zero-order valence-electron chi connectivity index (χ0n) is 16.5. The first-order valence-electron chi connectivity index (χ1n) is 9.37. The number of hydrogen-bond acceptors (Lipinski definition) is 6. The van der Waals surface area contributed by atoms with Crippen LogP contribution < -0.4 is 15.5 Å². The molecule has 150 valence electrons. The first kappa shape index (κ1) is 19.3. The van der Waals surface area contributed by atoms with E-state index in [2.05, 4.69) is 45.2 Å². The topological polar surface area (TPSA) is 81.1 Å². The lowest BCUT2D eigenvalue weighted by Crippen LogP contribution is -2.44. The molecular formula is C21H23N5O2S. The maximum atomic E-state index is 13.1. The quantitative estimate of drug-likeness (QED) is 0.674. The normalized spacial score (nSPS) is 17.9. The molecule has 7 nitrogen and oxygen atoms in total. The summed E-state index contributed by atoms with van der Waals surface area (Å²) >= 11 is 1.43. The van der Waals surface area contributed by atoms with Crippen LogP contribution in [0.2, 0.25) is 0 Å². The van der Waals surface area contributed by atoms with Crippen molar-refractivity contribution in [3.8, 4) is 5.75 Å². The van der Waals surface area contributed by atoms with Gasteiger partial charge in [-0.05, 0) is 37.1 Å². The number of amides is 1. The van der Waals surface area contributed by atoms with E-state index in [4.69, 9.17) is 4.74 Å². The van der Waals surface area contributed by atoms with Crippen LogP contribution in [0.5, 0.6) is 5.75 Å². The minimum Gasteiger partial charge on any atom is -0.497 e. The number of methoxy groups -OCH3 is 1. The fourth-order valence-electron chi connectivity index (χ4n) is 3.22. The standard InChI is InChI=1S/C21H23N5O2S/c1-13-4-8-16(9-5-13)18-19(29-21-24-23-14(2)26(21)25-18)20(27)22-12-15-6-10-17(28-3)11-7-15/h4-11,18-19,25H,12H2,1-3H3,(H,22,27)/t18-,19+/m1/s1. The van der Waals surface area contributed by atoms with Crippen LogP contribution in [0.4, 0.5) is 0 Å². The van der Waals surface area contributed by atoms with Gasteiger partial charge in [-0.3, -0.25) is 4.79 Å². The second-order valence-electron chi connectivity index (χ2n) is 6.99. The summed E-state index contributed by atoms with van der Waals surface area (Å²) in [4.78, 5) is 13.1. The van der Waals surface area contributed by atoms with E-state index in [9.17, 15) is 4.79 Å². The highest BCUT2D eigenvalue weighted by Gasteiger charge is 2.37. The first-order chi connectivity index (χ1) is 14.0. The van der Waals surface area contributed by atoms with Gasteiger partial charge < -0.3 is 15.5 Å². The third kappa shape index (κ3) is 4.07. The zero-order valence-corrected chi connectivity index (χ0v) is 17.4. The number of thioether (sulfide) groups is 1. The molecule has 1 amide bonds. The number of ether oxygens (including phenoxy) is 1. The third-order valence-electron chi connectivity index (χ3n) is 4.92. The summed E-state index contributed by atoms with van der Waals surface area (Å²) in [6, 6.07) is 15.7. The molecule has 0 saturated carbocycles. The average molecular weight is 410 g/mol. The highest BCUT2D eigenvalue weighted by Crippen LogP contribution is 2.37. The van der Waals surface area contributed by atoms with E-state index in [1.54, 1.807) is 7.11 Å². The Balaban J connectivity index is 1.54. The van der Waals surface area contributed by atoms with E-state index in [1.807, 2.05) is 42.8 Å². The summed E-state index contributed by atoms with van der Waals surface area (Å²) < 4.78 is 7.03.